The summed E-state index contributed by atoms with van der Waals surface area (Å²) in [5.41, 5.74) is 1.57. The van der Waals surface area contributed by atoms with Gasteiger partial charge in [-0.3, -0.25) is 9.59 Å². The number of carboxylic acid groups (broad SMARTS) is 1. The number of amides is 1. The SMILES string of the molecule is CN1CCC(N(C)C(=O)c2ccc(Nc3ncc(CF)c(N[C@@H]4CCC[C@@H]4C(=O)O)n3)cc2)CC1. The Morgan fingerprint density at radius 3 is 2.54 bits per heavy atom. The molecule has 0 unspecified atom stereocenters. The van der Waals surface area contributed by atoms with Crippen LogP contribution in [-0.4, -0.2) is 76.0 Å². The van der Waals surface area contributed by atoms with Gasteiger partial charge >= 0.3 is 5.97 Å². The van der Waals surface area contributed by atoms with Crippen molar-refractivity contribution in [3.05, 3.63) is 41.6 Å². The first-order chi connectivity index (χ1) is 16.9. The maximum atomic E-state index is 13.5. The van der Waals surface area contributed by atoms with Crippen LogP contribution in [0.25, 0.3) is 0 Å². The molecule has 1 aromatic heterocycles. The van der Waals surface area contributed by atoms with Gasteiger partial charge in [0.2, 0.25) is 5.95 Å². The maximum absolute atomic E-state index is 13.5. The number of benzene rings is 1. The Morgan fingerprint density at radius 1 is 1.17 bits per heavy atom. The van der Waals surface area contributed by atoms with Crippen LogP contribution in [0, 0.1) is 5.92 Å². The van der Waals surface area contributed by atoms with E-state index in [2.05, 4.69) is 32.5 Å². The number of carboxylic acids is 1. The predicted octanol–water partition coefficient (Wildman–Crippen LogP) is 3.52. The van der Waals surface area contributed by atoms with E-state index in [1.165, 1.54) is 6.20 Å². The number of aromatic nitrogens is 2. The molecule has 2 atom stereocenters. The van der Waals surface area contributed by atoms with Crippen molar-refractivity contribution in [1.29, 1.82) is 0 Å². The minimum Gasteiger partial charge on any atom is -0.481 e. The average Bonchev–Trinajstić information content (AvgIpc) is 3.33. The molecule has 2 heterocycles. The molecule has 188 valence electrons. The highest BCUT2D eigenvalue weighted by molar-refractivity contribution is 5.94. The number of nitrogens with one attached hydrogen (secondary N) is 2. The first-order valence-corrected chi connectivity index (χ1v) is 12.1. The summed E-state index contributed by atoms with van der Waals surface area (Å²) in [6.07, 6.45) is 5.41. The van der Waals surface area contributed by atoms with Gasteiger partial charge < -0.3 is 25.5 Å². The average molecular weight is 485 g/mol. The predicted molar refractivity (Wildman–Crippen MR) is 132 cm³/mol. The molecule has 1 aliphatic carbocycles. The van der Waals surface area contributed by atoms with Gasteiger partial charge in [-0.15, -0.1) is 0 Å². The van der Waals surface area contributed by atoms with Crippen LogP contribution in [0.2, 0.25) is 0 Å². The summed E-state index contributed by atoms with van der Waals surface area (Å²) in [4.78, 5) is 37.1. The molecule has 2 aromatic rings. The molecule has 0 bridgehead atoms. The molecule has 1 saturated heterocycles. The van der Waals surface area contributed by atoms with E-state index in [9.17, 15) is 19.1 Å². The molecule has 1 saturated carbocycles. The number of likely N-dealkylation sites (tertiary alicyclic amines) is 1. The topological polar surface area (TPSA) is 111 Å². The van der Waals surface area contributed by atoms with Gasteiger partial charge in [0.1, 0.15) is 12.5 Å². The third kappa shape index (κ3) is 5.87. The van der Waals surface area contributed by atoms with Crippen LogP contribution >= 0.6 is 0 Å². The van der Waals surface area contributed by atoms with E-state index >= 15 is 0 Å². The Labute approximate surface area is 204 Å². The lowest BCUT2D eigenvalue weighted by molar-refractivity contribution is -0.141. The molecule has 10 heteroatoms. The zero-order valence-corrected chi connectivity index (χ0v) is 20.2. The van der Waals surface area contributed by atoms with Crippen LogP contribution in [0.5, 0.6) is 0 Å². The molecule has 3 N–H and O–H groups in total. The molecule has 0 spiro atoms. The van der Waals surface area contributed by atoms with Crippen molar-refractivity contribution in [2.45, 2.75) is 50.9 Å². The van der Waals surface area contributed by atoms with Crippen molar-refractivity contribution in [2.75, 3.05) is 37.8 Å². The Morgan fingerprint density at radius 2 is 1.89 bits per heavy atom. The summed E-state index contributed by atoms with van der Waals surface area (Å²) >= 11 is 0. The Bertz CT molecular complexity index is 1040. The van der Waals surface area contributed by atoms with E-state index in [0.29, 0.717) is 29.9 Å². The highest BCUT2D eigenvalue weighted by Crippen LogP contribution is 2.30. The fourth-order valence-electron chi connectivity index (χ4n) is 4.87. The fourth-order valence-corrected chi connectivity index (χ4v) is 4.87. The molecular formula is C25H33FN6O3. The largest absolute Gasteiger partial charge is 0.481 e. The lowest BCUT2D eigenvalue weighted by Gasteiger charge is -2.35. The van der Waals surface area contributed by atoms with E-state index in [4.69, 9.17) is 0 Å². The van der Waals surface area contributed by atoms with Gasteiger partial charge in [-0.25, -0.2) is 9.37 Å². The Hall–Kier alpha value is -3.27. The van der Waals surface area contributed by atoms with E-state index in [1.54, 1.807) is 24.3 Å². The number of nitrogens with zero attached hydrogens (tertiary/aromatic N) is 4. The number of rotatable bonds is 8. The lowest BCUT2D eigenvalue weighted by atomic mass is 10.0. The minimum absolute atomic E-state index is 0.00862. The third-order valence-electron chi connectivity index (χ3n) is 7.11. The van der Waals surface area contributed by atoms with Crippen molar-refractivity contribution in [3.63, 3.8) is 0 Å². The number of alkyl halides is 1. The van der Waals surface area contributed by atoms with Crippen molar-refractivity contribution in [2.24, 2.45) is 5.92 Å². The molecule has 2 fully saturated rings. The number of carbonyl (C=O) groups is 2. The van der Waals surface area contributed by atoms with Gasteiger partial charge in [0.15, 0.2) is 0 Å². The standard InChI is InChI=1S/C25H33FN6O3/c1-31-12-10-19(11-13-31)32(2)23(33)16-6-8-18(9-7-16)28-25-27-15-17(14-26)22(30-25)29-21-5-3-4-20(21)24(34)35/h6-9,15,19-21H,3-5,10-14H2,1-2H3,(H,34,35)(H2,27,28,29,30)/t20-,21+/m0/s1. The molecule has 2 aliphatic rings. The number of hydrogen-bond acceptors (Lipinski definition) is 7. The molecule has 1 aliphatic heterocycles. The highest BCUT2D eigenvalue weighted by atomic mass is 19.1. The second kappa shape index (κ2) is 11.0. The number of anilines is 3. The van der Waals surface area contributed by atoms with Crippen LogP contribution in [-0.2, 0) is 11.5 Å². The number of halogens is 1. The molecule has 1 aromatic carbocycles. The molecule has 9 nitrogen and oxygen atoms in total. The molecule has 4 rings (SSSR count). The minimum atomic E-state index is -0.856. The zero-order valence-electron chi connectivity index (χ0n) is 20.2. The molecule has 0 radical (unpaired) electrons. The normalized spacial score (nSPS) is 21.0. The van der Waals surface area contributed by atoms with Gasteiger partial charge in [-0.1, -0.05) is 6.42 Å². The summed E-state index contributed by atoms with van der Waals surface area (Å²) < 4.78 is 13.5. The zero-order chi connectivity index (χ0) is 24.9. The second-order valence-electron chi connectivity index (χ2n) is 9.48. The first-order valence-electron chi connectivity index (χ1n) is 12.1. The van der Waals surface area contributed by atoms with Crippen LogP contribution in [0.1, 0.15) is 48.0 Å². The van der Waals surface area contributed by atoms with Crippen LogP contribution in [0.3, 0.4) is 0 Å². The molecule has 35 heavy (non-hydrogen) atoms. The lowest BCUT2D eigenvalue weighted by Crippen LogP contribution is -2.44. The smallest absolute Gasteiger partial charge is 0.308 e. The van der Waals surface area contributed by atoms with Crippen LogP contribution in [0.15, 0.2) is 30.5 Å². The van der Waals surface area contributed by atoms with Crippen molar-refractivity contribution in [1.82, 2.24) is 19.8 Å². The Kier molecular flexibility index (Phi) is 7.80. The van der Waals surface area contributed by atoms with Gasteiger partial charge in [-0.2, -0.15) is 4.98 Å². The van der Waals surface area contributed by atoms with E-state index in [-0.39, 0.29) is 29.5 Å². The summed E-state index contributed by atoms with van der Waals surface area (Å²) in [5, 5.41) is 15.6. The monoisotopic (exact) mass is 484 g/mol. The second-order valence-corrected chi connectivity index (χ2v) is 9.48. The van der Waals surface area contributed by atoms with Gasteiger partial charge in [0.05, 0.1) is 5.92 Å². The first kappa shape index (κ1) is 24.8. The fraction of sp³-hybridized carbons (Fsp3) is 0.520. The van der Waals surface area contributed by atoms with Gasteiger partial charge in [0, 0.05) is 42.1 Å². The molecular weight excluding hydrogens is 451 g/mol. The number of aliphatic carboxylic acids is 1. The van der Waals surface area contributed by atoms with E-state index in [0.717, 1.165) is 32.4 Å². The number of carbonyl (C=O) groups excluding carboxylic acids is 1. The number of hydrogen-bond donors (Lipinski definition) is 3. The summed E-state index contributed by atoms with van der Waals surface area (Å²) in [5.74, 6) is -0.825. The van der Waals surface area contributed by atoms with E-state index < -0.39 is 18.6 Å². The van der Waals surface area contributed by atoms with E-state index in [1.807, 2.05) is 11.9 Å². The van der Waals surface area contributed by atoms with Crippen LogP contribution < -0.4 is 10.6 Å². The molecule has 1 amide bonds. The van der Waals surface area contributed by atoms with Crippen molar-refractivity contribution in [3.8, 4) is 0 Å². The highest BCUT2D eigenvalue weighted by Gasteiger charge is 2.33. The van der Waals surface area contributed by atoms with Gasteiger partial charge in [-0.05, 0) is 70.1 Å². The summed E-state index contributed by atoms with van der Waals surface area (Å²) in [7, 11) is 3.96. The van der Waals surface area contributed by atoms with Crippen LogP contribution in [0.4, 0.5) is 21.8 Å². The summed E-state index contributed by atoms with van der Waals surface area (Å²) in [6.45, 7) is 1.22. The van der Waals surface area contributed by atoms with Crippen molar-refractivity contribution < 1.29 is 19.1 Å². The number of piperidine rings is 1. The quantitative estimate of drug-likeness (QED) is 0.522. The maximum Gasteiger partial charge on any atom is 0.308 e. The van der Waals surface area contributed by atoms with Gasteiger partial charge in [0.25, 0.3) is 5.91 Å². The van der Waals surface area contributed by atoms with Crippen molar-refractivity contribution >= 4 is 29.3 Å². The summed E-state index contributed by atoms with van der Waals surface area (Å²) in [6, 6.07) is 7.04. The Balaban J connectivity index is 1.42. The third-order valence-corrected chi connectivity index (χ3v) is 7.11.